The van der Waals surface area contributed by atoms with Gasteiger partial charge in [0.05, 0.1) is 13.2 Å². The standard InChI is InChI=1S/C17H23N3O2/c1-20(10-7-13-5-8-19-9-6-13)16(12-18)15-4-3-14(22-2)11-17(15)21/h3-6,8-9,11,16,21H,7,10,12,18H2,1-2H3. The summed E-state index contributed by atoms with van der Waals surface area (Å²) in [5, 5.41) is 10.2. The van der Waals surface area contributed by atoms with Gasteiger partial charge in [0.1, 0.15) is 11.5 Å². The number of aromatic nitrogens is 1. The van der Waals surface area contributed by atoms with Crippen LogP contribution in [0.1, 0.15) is 17.2 Å². The third-order valence-electron chi connectivity index (χ3n) is 3.85. The van der Waals surface area contributed by atoms with Crippen molar-refractivity contribution < 1.29 is 9.84 Å². The minimum Gasteiger partial charge on any atom is -0.507 e. The summed E-state index contributed by atoms with van der Waals surface area (Å²) in [5.74, 6) is 0.849. The number of hydrogen-bond acceptors (Lipinski definition) is 5. The quantitative estimate of drug-likeness (QED) is 0.818. The van der Waals surface area contributed by atoms with Crippen LogP contribution >= 0.6 is 0 Å². The van der Waals surface area contributed by atoms with Crippen molar-refractivity contribution in [1.29, 1.82) is 0 Å². The molecule has 0 saturated carbocycles. The molecule has 0 amide bonds. The van der Waals surface area contributed by atoms with Crippen LogP contribution in [0, 0.1) is 0 Å². The summed E-state index contributed by atoms with van der Waals surface area (Å²) in [6.07, 6.45) is 4.50. The zero-order chi connectivity index (χ0) is 15.9. The lowest BCUT2D eigenvalue weighted by Crippen LogP contribution is -2.32. The molecule has 0 aliphatic rings. The van der Waals surface area contributed by atoms with Crippen molar-refractivity contribution in [2.75, 3.05) is 27.2 Å². The van der Waals surface area contributed by atoms with Crippen LogP contribution in [0.5, 0.6) is 11.5 Å². The van der Waals surface area contributed by atoms with Crippen molar-refractivity contribution in [2.24, 2.45) is 5.73 Å². The number of benzene rings is 1. The summed E-state index contributed by atoms with van der Waals surface area (Å²) in [4.78, 5) is 6.18. The summed E-state index contributed by atoms with van der Waals surface area (Å²) in [6, 6.07) is 9.32. The minimum absolute atomic E-state index is 0.0345. The first-order valence-corrected chi connectivity index (χ1v) is 7.31. The van der Waals surface area contributed by atoms with Crippen molar-refractivity contribution >= 4 is 0 Å². The molecule has 0 saturated heterocycles. The van der Waals surface area contributed by atoms with Gasteiger partial charge < -0.3 is 15.6 Å². The second-order valence-corrected chi connectivity index (χ2v) is 5.26. The highest BCUT2D eigenvalue weighted by Crippen LogP contribution is 2.30. The van der Waals surface area contributed by atoms with Gasteiger partial charge in [-0.05, 0) is 37.2 Å². The lowest BCUT2D eigenvalue weighted by molar-refractivity contribution is 0.248. The Morgan fingerprint density at radius 1 is 1.27 bits per heavy atom. The third kappa shape index (κ3) is 3.96. The molecule has 0 fully saturated rings. The average molecular weight is 301 g/mol. The van der Waals surface area contributed by atoms with Crippen LogP contribution in [0.15, 0.2) is 42.7 Å². The number of nitrogens with zero attached hydrogens (tertiary/aromatic N) is 2. The zero-order valence-electron chi connectivity index (χ0n) is 13.1. The lowest BCUT2D eigenvalue weighted by Gasteiger charge is -2.28. The average Bonchev–Trinajstić information content (AvgIpc) is 2.56. The van der Waals surface area contributed by atoms with E-state index in [0.29, 0.717) is 12.3 Å². The predicted molar refractivity (Wildman–Crippen MR) is 87.0 cm³/mol. The van der Waals surface area contributed by atoms with E-state index >= 15 is 0 Å². The Balaban J connectivity index is 2.07. The van der Waals surface area contributed by atoms with Gasteiger partial charge in [-0.3, -0.25) is 9.88 Å². The maximum atomic E-state index is 10.2. The molecule has 5 heteroatoms. The summed E-state index contributed by atoms with van der Waals surface area (Å²) in [7, 11) is 3.60. The number of methoxy groups -OCH3 is 1. The lowest BCUT2D eigenvalue weighted by atomic mass is 10.0. The van der Waals surface area contributed by atoms with Gasteiger partial charge in [0.2, 0.25) is 0 Å². The summed E-state index contributed by atoms with van der Waals surface area (Å²) < 4.78 is 5.12. The number of phenolic OH excluding ortho intramolecular Hbond substituents is 1. The van der Waals surface area contributed by atoms with Gasteiger partial charge in [-0.25, -0.2) is 0 Å². The molecule has 2 aromatic rings. The Bertz CT molecular complexity index is 590. The molecule has 22 heavy (non-hydrogen) atoms. The van der Waals surface area contributed by atoms with Crippen molar-refractivity contribution in [2.45, 2.75) is 12.5 Å². The summed E-state index contributed by atoms with van der Waals surface area (Å²) >= 11 is 0. The first-order valence-electron chi connectivity index (χ1n) is 7.31. The van der Waals surface area contributed by atoms with E-state index in [2.05, 4.69) is 9.88 Å². The minimum atomic E-state index is -0.0345. The Hall–Kier alpha value is -2.11. The smallest absolute Gasteiger partial charge is 0.124 e. The van der Waals surface area contributed by atoms with Crippen molar-refractivity contribution in [3.8, 4) is 11.5 Å². The van der Waals surface area contributed by atoms with Crippen LogP contribution < -0.4 is 10.5 Å². The molecule has 1 atom stereocenters. The first-order chi connectivity index (χ1) is 10.7. The molecule has 1 unspecified atom stereocenters. The number of pyridine rings is 1. The van der Waals surface area contributed by atoms with E-state index in [9.17, 15) is 5.11 Å². The maximum Gasteiger partial charge on any atom is 0.124 e. The van der Waals surface area contributed by atoms with E-state index in [1.165, 1.54) is 5.56 Å². The van der Waals surface area contributed by atoms with Gasteiger partial charge in [-0.2, -0.15) is 0 Å². The SMILES string of the molecule is COc1ccc(C(CN)N(C)CCc2ccncc2)c(O)c1. The third-order valence-corrected chi connectivity index (χ3v) is 3.85. The van der Waals surface area contributed by atoms with Gasteiger partial charge in [0, 0.05) is 37.1 Å². The van der Waals surface area contributed by atoms with Gasteiger partial charge in [0.25, 0.3) is 0 Å². The van der Waals surface area contributed by atoms with Crippen molar-refractivity contribution in [3.63, 3.8) is 0 Å². The van der Waals surface area contributed by atoms with E-state index in [-0.39, 0.29) is 11.8 Å². The van der Waals surface area contributed by atoms with E-state index < -0.39 is 0 Å². The second kappa shape index (κ2) is 7.77. The number of phenols is 1. The number of hydrogen-bond donors (Lipinski definition) is 2. The number of likely N-dealkylation sites (N-methyl/N-ethyl adjacent to an activating group) is 1. The summed E-state index contributed by atoms with van der Waals surface area (Å²) in [5.41, 5.74) is 7.97. The molecule has 118 valence electrons. The fraction of sp³-hybridized carbons (Fsp3) is 0.353. The molecule has 1 aromatic heterocycles. The Labute approximate surface area is 131 Å². The number of ether oxygens (including phenoxy) is 1. The maximum absolute atomic E-state index is 10.2. The van der Waals surface area contributed by atoms with Crippen LogP contribution in [-0.4, -0.2) is 42.2 Å². The van der Waals surface area contributed by atoms with Gasteiger partial charge in [0.15, 0.2) is 0 Å². The molecule has 2 rings (SSSR count). The first kappa shape index (κ1) is 16.3. The van der Waals surface area contributed by atoms with Crippen LogP contribution in [0.3, 0.4) is 0 Å². The van der Waals surface area contributed by atoms with E-state index in [4.69, 9.17) is 10.5 Å². The molecule has 0 radical (unpaired) electrons. The van der Waals surface area contributed by atoms with E-state index in [1.807, 2.05) is 31.3 Å². The molecule has 0 bridgehead atoms. The van der Waals surface area contributed by atoms with E-state index in [0.717, 1.165) is 18.5 Å². The number of nitrogens with two attached hydrogens (primary N) is 1. The van der Waals surface area contributed by atoms with Crippen molar-refractivity contribution in [3.05, 3.63) is 53.9 Å². The number of aromatic hydroxyl groups is 1. The fourth-order valence-corrected chi connectivity index (χ4v) is 2.49. The van der Waals surface area contributed by atoms with Crippen LogP contribution in [0.25, 0.3) is 0 Å². The molecule has 0 spiro atoms. The van der Waals surface area contributed by atoms with E-state index in [1.54, 1.807) is 25.6 Å². The highest BCUT2D eigenvalue weighted by Gasteiger charge is 2.19. The van der Waals surface area contributed by atoms with Crippen LogP contribution in [-0.2, 0) is 6.42 Å². The Kier molecular flexibility index (Phi) is 5.75. The Morgan fingerprint density at radius 3 is 2.59 bits per heavy atom. The monoisotopic (exact) mass is 301 g/mol. The van der Waals surface area contributed by atoms with Crippen LogP contribution in [0.4, 0.5) is 0 Å². The topological polar surface area (TPSA) is 71.6 Å². The molecule has 3 N–H and O–H groups in total. The highest BCUT2D eigenvalue weighted by molar-refractivity contribution is 5.41. The largest absolute Gasteiger partial charge is 0.507 e. The fourth-order valence-electron chi connectivity index (χ4n) is 2.49. The Morgan fingerprint density at radius 2 is 2.00 bits per heavy atom. The molecule has 1 heterocycles. The molecule has 5 nitrogen and oxygen atoms in total. The van der Waals surface area contributed by atoms with Crippen LogP contribution in [0.2, 0.25) is 0 Å². The molecule has 0 aliphatic heterocycles. The van der Waals surface area contributed by atoms with Gasteiger partial charge >= 0.3 is 0 Å². The molecular formula is C17H23N3O2. The molecule has 0 aliphatic carbocycles. The second-order valence-electron chi connectivity index (χ2n) is 5.26. The molecular weight excluding hydrogens is 278 g/mol. The van der Waals surface area contributed by atoms with Gasteiger partial charge in [-0.15, -0.1) is 0 Å². The zero-order valence-corrected chi connectivity index (χ0v) is 13.1. The predicted octanol–water partition coefficient (Wildman–Crippen LogP) is 1.97. The van der Waals surface area contributed by atoms with Gasteiger partial charge in [-0.1, -0.05) is 6.07 Å². The highest BCUT2D eigenvalue weighted by atomic mass is 16.5. The molecule has 1 aromatic carbocycles. The summed E-state index contributed by atoms with van der Waals surface area (Å²) in [6.45, 7) is 1.28. The normalized spacial score (nSPS) is 12.4. The number of rotatable bonds is 7. The van der Waals surface area contributed by atoms with Crippen molar-refractivity contribution in [1.82, 2.24) is 9.88 Å².